The zero-order chi connectivity index (χ0) is 15.5. The third kappa shape index (κ3) is 3.52. The molecule has 1 saturated heterocycles. The number of nitrogens with one attached hydrogen (secondary N) is 1. The van der Waals surface area contributed by atoms with Crippen molar-refractivity contribution in [3.63, 3.8) is 0 Å². The van der Waals surface area contributed by atoms with Gasteiger partial charge in [-0.1, -0.05) is 27.2 Å². The van der Waals surface area contributed by atoms with Crippen LogP contribution in [0.1, 0.15) is 23.4 Å². The smallest absolute Gasteiger partial charge is 0.138 e. The zero-order valence-corrected chi connectivity index (χ0v) is 14.7. The maximum atomic E-state index is 5.20. The molecule has 1 atom stereocenters. The molecule has 0 amide bonds. The van der Waals surface area contributed by atoms with Gasteiger partial charge in [0.2, 0.25) is 0 Å². The van der Waals surface area contributed by atoms with Gasteiger partial charge in [-0.2, -0.15) is 0 Å². The van der Waals surface area contributed by atoms with Gasteiger partial charge in [0.1, 0.15) is 5.76 Å². The first kappa shape index (κ1) is 15.6. The molecule has 1 aliphatic rings. The van der Waals surface area contributed by atoms with E-state index >= 15 is 0 Å². The number of rotatable bonds is 5. The van der Waals surface area contributed by atoms with Gasteiger partial charge >= 0.3 is 0 Å². The van der Waals surface area contributed by atoms with Gasteiger partial charge in [0, 0.05) is 41.9 Å². The Labute approximate surface area is 140 Å². The van der Waals surface area contributed by atoms with Crippen molar-refractivity contribution in [2.24, 2.45) is 5.92 Å². The Morgan fingerprint density at radius 2 is 2.27 bits per heavy atom. The van der Waals surface area contributed by atoms with Gasteiger partial charge in [-0.25, -0.2) is 0 Å². The standard InChI is InChI=1S/C17H22BrN3O/c1-12-17(13(2)22-20-12)10-19-9-14-6-7-21(11-14)16-5-3-4-15(18)8-16/h3-5,8,14,19H,6-7,9-11H2,1-2H3. The fraction of sp³-hybridized carbons (Fsp3) is 0.471. The van der Waals surface area contributed by atoms with Crippen molar-refractivity contribution in [1.82, 2.24) is 10.5 Å². The van der Waals surface area contributed by atoms with Crippen LogP contribution in [-0.4, -0.2) is 24.8 Å². The second kappa shape index (κ2) is 6.84. The Morgan fingerprint density at radius 3 is 3.00 bits per heavy atom. The quantitative estimate of drug-likeness (QED) is 0.879. The third-order valence-electron chi connectivity index (χ3n) is 4.38. The van der Waals surface area contributed by atoms with Crippen LogP contribution in [0.5, 0.6) is 0 Å². The van der Waals surface area contributed by atoms with Crippen LogP contribution in [0.15, 0.2) is 33.3 Å². The van der Waals surface area contributed by atoms with Gasteiger partial charge in [-0.05, 0) is 44.4 Å². The average Bonchev–Trinajstić information content (AvgIpc) is 3.09. The van der Waals surface area contributed by atoms with Gasteiger partial charge in [0.05, 0.1) is 5.69 Å². The highest BCUT2D eigenvalue weighted by Crippen LogP contribution is 2.26. The Balaban J connectivity index is 1.49. The van der Waals surface area contributed by atoms with Crippen molar-refractivity contribution < 1.29 is 4.52 Å². The van der Waals surface area contributed by atoms with Gasteiger partial charge in [-0.15, -0.1) is 0 Å². The fourth-order valence-electron chi connectivity index (χ4n) is 3.06. The summed E-state index contributed by atoms with van der Waals surface area (Å²) in [7, 11) is 0. The van der Waals surface area contributed by atoms with Crippen LogP contribution < -0.4 is 10.2 Å². The Kier molecular flexibility index (Phi) is 4.84. The molecule has 0 saturated carbocycles. The number of nitrogens with zero attached hydrogens (tertiary/aromatic N) is 2. The highest BCUT2D eigenvalue weighted by molar-refractivity contribution is 9.10. The summed E-state index contributed by atoms with van der Waals surface area (Å²) < 4.78 is 6.34. The number of halogens is 1. The van der Waals surface area contributed by atoms with E-state index in [1.54, 1.807) is 0 Å². The first-order valence-corrected chi connectivity index (χ1v) is 8.56. The van der Waals surface area contributed by atoms with Crippen LogP contribution in [0.25, 0.3) is 0 Å². The SMILES string of the molecule is Cc1noc(C)c1CNCC1CCN(c2cccc(Br)c2)C1. The lowest BCUT2D eigenvalue weighted by molar-refractivity contribution is 0.391. The first-order valence-electron chi connectivity index (χ1n) is 7.76. The maximum absolute atomic E-state index is 5.20. The van der Waals surface area contributed by atoms with Crippen molar-refractivity contribution in [2.45, 2.75) is 26.8 Å². The van der Waals surface area contributed by atoms with Crippen LogP contribution in [0.2, 0.25) is 0 Å². The van der Waals surface area contributed by atoms with Crippen LogP contribution in [-0.2, 0) is 6.54 Å². The molecular formula is C17H22BrN3O. The van der Waals surface area contributed by atoms with E-state index in [9.17, 15) is 0 Å². The molecular weight excluding hydrogens is 342 g/mol. The largest absolute Gasteiger partial charge is 0.371 e. The second-order valence-corrected chi connectivity index (χ2v) is 6.93. The van der Waals surface area contributed by atoms with Gasteiger partial charge < -0.3 is 14.7 Å². The Hall–Kier alpha value is -1.33. The van der Waals surface area contributed by atoms with Crippen LogP contribution in [0.4, 0.5) is 5.69 Å². The Bertz CT molecular complexity index is 621. The molecule has 1 unspecified atom stereocenters. The van der Waals surface area contributed by atoms with Gasteiger partial charge in [-0.3, -0.25) is 0 Å². The lowest BCUT2D eigenvalue weighted by atomic mass is 10.1. The van der Waals surface area contributed by atoms with Crippen molar-refractivity contribution >= 4 is 21.6 Å². The molecule has 0 bridgehead atoms. The number of aromatic nitrogens is 1. The summed E-state index contributed by atoms with van der Waals surface area (Å²) in [4.78, 5) is 2.47. The van der Waals surface area contributed by atoms with Gasteiger partial charge in [0.15, 0.2) is 0 Å². The van der Waals surface area contributed by atoms with E-state index in [0.717, 1.165) is 42.1 Å². The van der Waals surface area contributed by atoms with E-state index in [0.29, 0.717) is 5.92 Å². The molecule has 1 N–H and O–H groups in total. The van der Waals surface area contributed by atoms with Crippen LogP contribution in [0.3, 0.4) is 0 Å². The van der Waals surface area contributed by atoms with Crippen LogP contribution >= 0.6 is 15.9 Å². The molecule has 0 aliphatic carbocycles. The lowest BCUT2D eigenvalue weighted by Gasteiger charge is -2.19. The average molecular weight is 364 g/mol. The summed E-state index contributed by atoms with van der Waals surface area (Å²) in [5.74, 6) is 1.62. The maximum Gasteiger partial charge on any atom is 0.138 e. The molecule has 5 heteroatoms. The van der Waals surface area contributed by atoms with Crippen molar-refractivity contribution in [1.29, 1.82) is 0 Å². The van der Waals surface area contributed by atoms with Crippen LogP contribution in [0, 0.1) is 19.8 Å². The molecule has 2 aromatic rings. The van der Waals surface area contributed by atoms with Crippen molar-refractivity contribution in [3.8, 4) is 0 Å². The third-order valence-corrected chi connectivity index (χ3v) is 4.87. The highest BCUT2D eigenvalue weighted by atomic mass is 79.9. The normalized spacial score (nSPS) is 18.1. The van der Waals surface area contributed by atoms with E-state index in [4.69, 9.17) is 4.52 Å². The minimum atomic E-state index is 0.694. The molecule has 0 spiro atoms. The van der Waals surface area contributed by atoms with E-state index in [1.165, 1.54) is 17.7 Å². The highest BCUT2D eigenvalue weighted by Gasteiger charge is 2.22. The molecule has 4 nitrogen and oxygen atoms in total. The van der Waals surface area contributed by atoms with E-state index in [-0.39, 0.29) is 0 Å². The predicted octanol–water partition coefficient (Wildman–Crippen LogP) is 3.67. The summed E-state index contributed by atoms with van der Waals surface area (Å²) in [5.41, 5.74) is 3.50. The molecule has 1 aromatic carbocycles. The van der Waals surface area contributed by atoms with E-state index < -0.39 is 0 Å². The van der Waals surface area contributed by atoms with Crippen molar-refractivity contribution in [2.75, 3.05) is 24.5 Å². The fourth-order valence-corrected chi connectivity index (χ4v) is 3.45. The van der Waals surface area contributed by atoms with Crippen molar-refractivity contribution in [3.05, 3.63) is 45.8 Å². The molecule has 0 radical (unpaired) electrons. The minimum absolute atomic E-state index is 0.694. The number of benzene rings is 1. The predicted molar refractivity (Wildman–Crippen MR) is 92.1 cm³/mol. The van der Waals surface area contributed by atoms with E-state index in [2.05, 4.69) is 55.6 Å². The number of anilines is 1. The second-order valence-electron chi connectivity index (χ2n) is 6.01. The first-order chi connectivity index (χ1) is 10.6. The summed E-state index contributed by atoms with van der Waals surface area (Å²) in [6.07, 6.45) is 1.24. The van der Waals surface area contributed by atoms with Gasteiger partial charge in [0.25, 0.3) is 0 Å². The lowest BCUT2D eigenvalue weighted by Crippen LogP contribution is -2.26. The monoisotopic (exact) mass is 363 g/mol. The molecule has 22 heavy (non-hydrogen) atoms. The molecule has 1 aromatic heterocycles. The Morgan fingerprint density at radius 1 is 1.41 bits per heavy atom. The molecule has 1 fully saturated rings. The van der Waals surface area contributed by atoms with E-state index in [1.807, 2.05) is 13.8 Å². The number of hydrogen-bond acceptors (Lipinski definition) is 4. The summed E-state index contributed by atoms with van der Waals surface area (Å²) in [6, 6.07) is 8.55. The zero-order valence-electron chi connectivity index (χ0n) is 13.1. The topological polar surface area (TPSA) is 41.3 Å². The number of aryl methyl sites for hydroxylation is 2. The molecule has 3 rings (SSSR count). The summed E-state index contributed by atoms with van der Waals surface area (Å²) >= 11 is 3.55. The minimum Gasteiger partial charge on any atom is -0.371 e. The summed E-state index contributed by atoms with van der Waals surface area (Å²) in [6.45, 7) is 8.10. The summed E-state index contributed by atoms with van der Waals surface area (Å²) in [5, 5.41) is 7.56. The molecule has 1 aliphatic heterocycles. The molecule has 118 valence electrons. The number of hydrogen-bond donors (Lipinski definition) is 1. The molecule has 2 heterocycles.